The molecule has 0 atom stereocenters. The van der Waals surface area contributed by atoms with E-state index in [0.717, 1.165) is 5.56 Å². The van der Waals surface area contributed by atoms with Gasteiger partial charge in [-0.2, -0.15) is 4.73 Å². The first-order valence-corrected chi connectivity index (χ1v) is 3.52. The van der Waals surface area contributed by atoms with Crippen LogP contribution < -0.4 is 10.5 Å². The monoisotopic (exact) mass is 166 g/mol. The Balaban J connectivity index is 3.38. The first kappa shape index (κ1) is 8.52. The van der Waals surface area contributed by atoms with Gasteiger partial charge in [0.05, 0.1) is 0 Å². The van der Waals surface area contributed by atoms with Crippen molar-refractivity contribution in [2.45, 2.75) is 13.8 Å². The molecule has 64 valence electrons. The Morgan fingerprint density at radius 3 is 2.58 bits per heavy atom. The van der Waals surface area contributed by atoms with Crippen molar-refractivity contribution >= 4 is 5.91 Å². The topological polar surface area (TPSA) is 70.0 Å². The van der Waals surface area contributed by atoms with Crippen LogP contribution in [0.3, 0.4) is 0 Å². The number of aromatic nitrogens is 1. The molecule has 0 aliphatic carbocycles. The molecular weight excluding hydrogens is 156 g/mol. The molecule has 0 aliphatic rings. The molecule has 0 saturated heterocycles. The highest BCUT2D eigenvalue weighted by molar-refractivity contribution is 5.90. The van der Waals surface area contributed by atoms with E-state index in [0.29, 0.717) is 10.3 Å². The smallest absolute Gasteiger partial charge is 0.315 e. The lowest BCUT2D eigenvalue weighted by molar-refractivity contribution is -0.608. The van der Waals surface area contributed by atoms with Crippen molar-refractivity contribution in [2.24, 2.45) is 5.73 Å². The van der Waals surface area contributed by atoms with E-state index in [4.69, 9.17) is 5.73 Å². The number of pyridine rings is 1. The molecule has 1 rings (SSSR count). The summed E-state index contributed by atoms with van der Waals surface area (Å²) in [6.07, 6.45) is 1.33. The molecule has 0 aromatic carbocycles. The predicted molar refractivity (Wildman–Crippen MR) is 43.4 cm³/mol. The lowest BCUT2D eigenvalue weighted by Gasteiger charge is -2.04. The number of amides is 1. The molecule has 0 radical (unpaired) electrons. The molecule has 0 bridgehead atoms. The highest BCUT2D eigenvalue weighted by Crippen LogP contribution is 2.03. The fourth-order valence-electron chi connectivity index (χ4n) is 1.17. The van der Waals surface area contributed by atoms with E-state index in [2.05, 4.69) is 0 Å². The lowest BCUT2D eigenvalue weighted by atomic mass is 10.1. The first-order chi connectivity index (χ1) is 5.52. The molecule has 4 nitrogen and oxygen atoms in total. The third-order valence-corrected chi connectivity index (χ3v) is 1.59. The van der Waals surface area contributed by atoms with Crippen LogP contribution in [0.2, 0.25) is 0 Å². The van der Waals surface area contributed by atoms with Gasteiger partial charge in [-0.05, 0) is 19.9 Å². The van der Waals surface area contributed by atoms with Crippen molar-refractivity contribution < 1.29 is 9.52 Å². The van der Waals surface area contributed by atoms with E-state index < -0.39 is 5.91 Å². The minimum atomic E-state index is -0.692. The maximum Gasteiger partial charge on any atom is 0.315 e. The number of rotatable bonds is 1. The molecule has 4 heteroatoms. The van der Waals surface area contributed by atoms with Crippen molar-refractivity contribution in [1.29, 1.82) is 0 Å². The van der Waals surface area contributed by atoms with Crippen molar-refractivity contribution in [1.82, 2.24) is 0 Å². The van der Waals surface area contributed by atoms with Gasteiger partial charge in [-0.15, -0.1) is 0 Å². The summed E-state index contributed by atoms with van der Waals surface area (Å²) < 4.78 is 0.507. The first-order valence-electron chi connectivity index (χ1n) is 3.52. The summed E-state index contributed by atoms with van der Waals surface area (Å²) in [5, 5.41) is 11.1. The van der Waals surface area contributed by atoms with Crippen molar-refractivity contribution in [3.05, 3.63) is 34.3 Å². The SMILES string of the molecule is Cc1cc(C)c(C(N)=O)[n+]([O-])c1. The summed E-state index contributed by atoms with van der Waals surface area (Å²) in [6, 6.07) is 1.74. The third kappa shape index (κ3) is 1.37. The summed E-state index contributed by atoms with van der Waals surface area (Å²) in [5.41, 5.74) is 6.44. The quantitative estimate of drug-likeness (QED) is 0.472. The molecule has 1 heterocycles. The van der Waals surface area contributed by atoms with Gasteiger partial charge in [0, 0.05) is 11.1 Å². The Bertz CT molecular complexity index is 311. The van der Waals surface area contributed by atoms with Gasteiger partial charge in [0.25, 0.3) is 5.69 Å². The molecule has 1 aromatic heterocycles. The number of aryl methyl sites for hydroxylation is 2. The van der Waals surface area contributed by atoms with Crippen molar-refractivity contribution in [3.8, 4) is 0 Å². The Morgan fingerprint density at radius 1 is 1.58 bits per heavy atom. The molecule has 2 N–H and O–H groups in total. The largest absolute Gasteiger partial charge is 0.618 e. The molecule has 0 unspecified atom stereocenters. The molecule has 0 fully saturated rings. The fourth-order valence-corrected chi connectivity index (χ4v) is 1.17. The zero-order chi connectivity index (χ0) is 9.30. The van der Waals surface area contributed by atoms with E-state index >= 15 is 0 Å². The number of primary amides is 1. The van der Waals surface area contributed by atoms with Gasteiger partial charge in [0.15, 0.2) is 6.20 Å². The van der Waals surface area contributed by atoms with Crippen molar-refractivity contribution in [2.75, 3.05) is 0 Å². The van der Waals surface area contributed by atoms with Crippen LogP contribution in [0.5, 0.6) is 0 Å². The number of nitrogens with two attached hydrogens (primary N) is 1. The van der Waals surface area contributed by atoms with Crippen LogP contribution in [-0.2, 0) is 0 Å². The second-order valence-corrected chi connectivity index (χ2v) is 2.74. The Labute approximate surface area is 70.2 Å². The van der Waals surface area contributed by atoms with Gasteiger partial charge in [-0.25, -0.2) is 0 Å². The maximum absolute atomic E-state index is 11.1. The molecule has 1 amide bonds. The van der Waals surface area contributed by atoms with Crippen LogP contribution in [-0.4, -0.2) is 5.91 Å². The minimum absolute atomic E-state index is 0.0144. The fraction of sp³-hybridized carbons (Fsp3) is 0.250. The van der Waals surface area contributed by atoms with Gasteiger partial charge < -0.3 is 10.9 Å². The molecule has 0 spiro atoms. The maximum atomic E-state index is 11.1. The summed E-state index contributed by atoms with van der Waals surface area (Å²) in [5.74, 6) is -0.692. The summed E-state index contributed by atoms with van der Waals surface area (Å²) in [6.45, 7) is 3.47. The van der Waals surface area contributed by atoms with Crippen molar-refractivity contribution in [3.63, 3.8) is 0 Å². The normalized spacial score (nSPS) is 9.83. The van der Waals surface area contributed by atoms with E-state index in [1.807, 2.05) is 0 Å². The Hall–Kier alpha value is -1.58. The lowest BCUT2D eigenvalue weighted by Crippen LogP contribution is -2.38. The van der Waals surface area contributed by atoms with Crippen LogP contribution in [0.15, 0.2) is 12.3 Å². The predicted octanol–water partition coefficient (Wildman–Crippen LogP) is 0.0357. The van der Waals surface area contributed by atoms with Gasteiger partial charge in [0.1, 0.15) is 0 Å². The van der Waals surface area contributed by atoms with Crippen LogP contribution >= 0.6 is 0 Å². The van der Waals surface area contributed by atoms with Gasteiger partial charge in [0.2, 0.25) is 0 Å². The number of hydrogen-bond acceptors (Lipinski definition) is 2. The van der Waals surface area contributed by atoms with Gasteiger partial charge >= 0.3 is 5.91 Å². The number of nitrogens with zero attached hydrogens (tertiary/aromatic N) is 1. The Morgan fingerprint density at radius 2 is 2.17 bits per heavy atom. The Kier molecular flexibility index (Phi) is 1.99. The van der Waals surface area contributed by atoms with Crippen LogP contribution in [0.4, 0.5) is 0 Å². The molecule has 12 heavy (non-hydrogen) atoms. The zero-order valence-corrected chi connectivity index (χ0v) is 7.00. The van der Waals surface area contributed by atoms with E-state index in [9.17, 15) is 10.0 Å². The highest BCUT2D eigenvalue weighted by atomic mass is 16.5. The van der Waals surface area contributed by atoms with Crippen LogP contribution in [0.1, 0.15) is 21.6 Å². The third-order valence-electron chi connectivity index (χ3n) is 1.59. The average Bonchev–Trinajstić information content (AvgIpc) is 1.82. The van der Waals surface area contributed by atoms with Gasteiger partial charge in [-0.1, -0.05) is 0 Å². The molecule has 0 aliphatic heterocycles. The number of carbonyl (C=O) groups is 1. The summed E-state index contributed by atoms with van der Waals surface area (Å²) in [7, 11) is 0. The highest BCUT2D eigenvalue weighted by Gasteiger charge is 2.15. The second kappa shape index (κ2) is 2.81. The molecule has 1 aromatic rings. The second-order valence-electron chi connectivity index (χ2n) is 2.74. The molecular formula is C8H10N2O2. The summed E-state index contributed by atoms with van der Waals surface area (Å²) in [4.78, 5) is 10.8. The molecule has 0 saturated carbocycles. The van der Waals surface area contributed by atoms with E-state index in [1.165, 1.54) is 6.20 Å². The minimum Gasteiger partial charge on any atom is -0.618 e. The standard InChI is InChI=1S/C8H10N2O2/c1-5-3-6(2)7(8(9)11)10(12)4-5/h3-4H,1-2H3,(H2,9,11). The average molecular weight is 166 g/mol. The number of carbonyl (C=O) groups excluding carboxylic acids is 1. The summed E-state index contributed by atoms with van der Waals surface area (Å²) >= 11 is 0. The van der Waals surface area contributed by atoms with E-state index in [-0.39, 0.29) is 5.69 Å². The number of hydrogen-bond donors (Lipinski definition) is 1. The van der Waals surface area contributed by atoms with Crippen LogP contribution in [0.25, 0.3) is 0 Å². The van der Waals surface area contributed by atoms with Gasteiger partial charge in [-0.3, -0.25) is 4.79 Å². The van der Waals surface area contributed by atoms with E-state index in [1.54, 1.807) is 19.9 Å². The zero-order valence-electron chi connectivity index (χ0n) is 7.00. The van der Waals surface area contributed by atoms with Crippen LogP contribution in [0, 0.1) is 19.1 Å².